The van der Waals surface area contributed by atoms with Gasteiger partial charge in [0.05, 0.1) is 29.6 Å². The first kappa shape index (κ1) is 22.8. The van der Waals surface area contributed by atoms with Gasteiger partial charge in [0.2, 0.25) is 0 Å². The zero-order valence-electron chi connectivity index (χ0n) is 18.6. The van der Waals surface area contributed by atoms with Gasteiger partial charge in [-0.25, -0.2) is 4.98 Å². The monoisotopic (exact) mass is 461 g/mol. The molecular weight excluding hydrogens is 434 g/mol. The van der Waals surface area contributed by atoms with Crippen molar-refractivity contribution in [3.05, 3.63) is 65.3 Å². The van der Waals surface area contributed by atoms with Crippen LogP contribution >= 0.6 is 11.3 Å². The number of pyridine rings is 1. The Bertz CT molecular complexity index is 1220. The molecule has 0 radical (unpaired) electrons. The summed E-state index contributed by atoms with van der Waals surface area (Å²) in [6, 6.07) is 7.92. The molecule has 1 atom stereocenters. The van der Waals surface area contributed by atoms with Crippen LogP contribution in [0.2, 0.25) is 0 Å². The van der Waals surface area contributed by atoms with Crippen LogP contribution in [-0.2, 0) is 4.79 Å². The lowest BCUT2D eigenvalue weighted by atomic mass is 10.0. The van der Waals surface area contributed by atoms with Crippen LogP contribution < -0.4 is 5.32 Å². The van der Waals surface area contributed by atoms with E-state index in [4.69, 9.17) is 0 Å². The maximum atomic E-state index is 12.7. The molecular formula is C25H27N5O2S. The fourth-order valence-corrected chi connectivity index (χ4v) is 4.29. The van der Waals surface area contributed by atoms with Crippen LogP contribution in [0.1, 0.15) is 67.0 Å². The first-order chi connectivity index (χ1) is 16.1. The number of hydrogen-bond acceptors (Lipinski definition) is 6. The molecule has 3 aromatic heterocycles. The summed E-state index contributed by atoms with van der Waals surface area (Å²) in [6.45, 7) is 1.90. The fraction of sp³-hybridized carbons (Fsp3) is 0.320. The van der Waals surface area contributed by atoms with Crippen molar-refractivity contribution in [2.24, 2.45) is 0 Å². The molecule has 170 valence electrons. The Hall–Kier alpha value is -3.39. The molecule has 0 aliphatic heterocycles. The molecule has 0 bridgehead atoms. The number of thiazole rings is 1. The summed E-state index contributed by atoms with van der Waals surface area (Å²) in [6.07, 6.45) is 11.6. The maximum Gasteiger partial charge on any atom is 0.263 e. The van der Waals surface area contributed by atoms with Gasteiger partial charge in [-0.1, -0.05) is 31.9 Å². The molecule has 7 nitrogen and oxygen atoms in total. The van der Waals surface area contributed by atoms with Crippen molar-refractivity contribution < 1.29 is 9.59 Å². The van der Waals surface area contributed by atoms with Gasteiger partial charge in [0, 0.05) is 36.2 Å². The number of nitrogens with zero attached hydrogens (tertiary/aromatic N) is 3. The van der Waals surface area contributed by atoms with Crippen molar-refractivity contribution in [1.29, 1.82) is 0 Å². The van der Waals surface area contributed by atoms with Crippen LogP contribution in [0.5, 0.6) is 0 Å². The summed E-state index contributed by atoms with van der Waals surface area (Å²) < 4.78 is 0. The van der Waals surface area contributed by atoms with Crippen LogP contribution in [-0.4, -0.2) is 31.6 Å². The van der Waals surface area contributed by atoms with Crippen molar-refractivity contribution in [3.8, 4) is 11.3 Å². The number of Topliss-reactive ketones (excluding diaryl/α,β-unsaturated/α-hetero) is 1. The summed E-state index contributed by atoms with van der Waals surface area (Å²) in [4.78, 5) is 41.0. The second-order valence-electron chi connectivity index (χ2n) is 8.00. The molecule has 0 spiro atoms. The molecule has 0 saturated carbocycles. The predicted molar refractivity (Wildman–Crippen MR) is 130 cm³/mol. The largest absolute Gasteiger partial charge is 0.341 e. The SMILES string of the molecule is CCC(=O)CCCCC[C@H](NC(=O)c1cncs1)c1ncc(-c2ccc3ccncc3c2)[nH]1. The molecule has 0 saturated heterocycles. The van der Waals surface area contributed by atoms with E-state index in [2.05, 4.69) is 43.5 Å². The van der Waals surface area contributed by atoms with Crippen molar-refractivity contribution in [2.45, 2.75) is 51.5 Å². The topological polar surface area (TPSA) is 101 Å². The van der Waals surface area contributed by atoms with Gasteiger partial charge >= 0.3 is 0 Å². The number of aromatic nitrogens is 4. The summed E-state index contributed by atoms with van der Waals surface area (Å²) >= 11 is 1.31. The Morgan fingerprint density at radius 1 is 1.06 bits per heavy atom. The lowest BCUT2D eigenvalue weighted by Gasteiger charge is -2.16. The molecule has 0 fully saturated rings. The van der Waals surface area contributed by atoms with E-state index >= 15 is 0 Å². The second kappa shape index (κ2) is 11.0. The minimum Gasteiger partial charge on any atom is -0.341 e. The smallest absolute Gasteiger partial charge is 0.263 e. The summed E-state index contributed by atoms with van der Waals surface area (Å²) in [5.74, 6) is 0.864. The number of rotatable bonds is 11. The maximum absolute atomic E-state index is 12.7. The highest BCUT2D eigenvalue weighted by molar-refractivity contribution is 7.11. The van der Waals surface area contributed by atoms with Crippen molar-refractivity contribution in [2.75, 3.05) is 0 Å². The number of hydrogen-bond donors (Lipinski definition) is 2. The zero-order chi connectivity index (χ0) is 23.0. The average molecular weight is 462 g/mol. The van der Waals surface area contributed by atoms with Gasteiger partial charge < -0.3 is 10.3 Å². The Morgan fingerprint density at radius 2 is 1.97 bits per heavy atom. The first-order valence-corrected chi connectivity index (χ1v) is 12.1. The molecule has 0 aliphatic carbocycles. The number of aromatic amines is 1. The molecule has 0 unspecified atom stereocenters. The van der Waals surface area contributed by atoms with Crippen molar-refractivity contribution >= 4 is 33.8 Å². The van der Waals surface area contributed by atoms with Crippen LogP contribution in [0.4, 0.5) is 0 Å². The Labute approximate surface area is 196 Å². The fourth-order valence-electron chi connectivity index (χ4n) is 3.77. The molecule has 4 rings (SSSR count). The van der Waals surface area contributed by atoms with Gasteiger partial charge in [0.1, 0.15) is 16.5 Å². The third-order valence-electron chi connectivity index (χ3n) is 5.68. The number of amides is 1. The second-order valence-corrected chi connectivity index (χ2v) is 8.89. The van der Waals surface area contributed by atoms with E-state index in [1.54, 1.807) is 24.1 Å². The van der Waals surface area contributed by atoms with Crippen LogP contribution in [0.25, 0.3) is 22.0 Å². The van der Waals surface area contributed by atoms with E-state index in [1.165, 1.54) is 11.3 Å². The molecule has 1 amide bonds. The molecule has 1 aromatic carbocycles. The summed E-state index contributed by atoms with van der Waals surface area (Å²) in [5.41, 5.74) is 3.55. The molecule has 8 heteroatoms. The number of ketones is 1. The van der Waals surface area contributed by atoms with Crippen LogP contribution in [0.15, 0.2) is 54.6 Å². The summed E-state index contributed by atoms with van der Waals surface area (Å²) in [5, 5.41) is 5.29. The lowest BCUT2D eigenvalue weighted by Crippen LogP contribution is -2.28. The van der Waals surface area contributed by atoms with E-state index in [-0.39, 0.29) is 11.9 Å². The van der Waals surface area contributed by atoms with E-state index in [0.29, 0.717) is 23.5 Å². The van der Waals surface area contributed by atoms with E-state index in [9.17, 15) is 9.59 Å². The zero-order valence-corrected chi connectivity index (χ0v) is 19.4. The number of unbranched alkanes of at least 4 members (excludes halogenated alkanes) is 2. The predicted octanol–water partition coefficient (Wildman–Crippen LogP) is 5.48. The number of carbonyl (C=O) groups is 2. The summed E-state index contributed by atoms with van der Waals surface area (Å²) in [7, 11) is 0. The lowest BCUT2D eigenvalue weighted by molar-refractivity contribution is -0.118. The average Bonchev–Trinajstić information content (AvgIpc) is 3.55. The van der Waals surface area contributed by atoms with Crippen LogP contribution in [0.3, 0.4) is 0 Å². The van der Waals surface area contributed by atoms with Gasteiger partial charge in [0.25, 0.3) is 5.91 Å². The van der Waals surface area contributed by atoms with Gasteiger partial charge in [0.15, 0.2) is 0 Å². The quantitative estimate of drug-likeness (QED) is 0.288. The Kier molecular flexibility index (Phi) is 7.57. The minimum atomic E-state index is -0.252. The van der Waals surface area contributed by atoms with Gasteiger partial charge in [-0.3, -0.25) is 19.6 Å². The first-order valence-electron chi connectivity index (χ1n) is 11.2. The van der Waals surface area contributed by atoms with E-state index in [0.717, 1.165) is 53.5 Å². The third-order valence-corrected chi connectivity index (χ3v) is 6.45. The van der Waals surface area contributed by atoms with Gasteiger partial charge in [-0.2, -0.15) is 0 Å². The standard InChI is InChI=1S/C25H27N5O2S/c1-2-20(31)6-4-3-5-7-21(30-25(32)23-15-27-16-33-23)24-28-14-22(29-24)18-9-8-17-10-11-26-13-19(17)12-18/h8-16,21H,2-7H2,1H3,(H,28,29)(H,30,32)/t21-/m0/s1. The number of imidazole rings is 1. The minimum absolute atomic E-state index is 0.154. The molecule has 4 aromatic rings. The number of nitrogens with one attached hydrogen (secondary N) is 2. The van der Waals surface area contributed by atoms with Gasteiger partial charge in [-0.05, 0) is 30.4 Å². The normalized spacial score (nSPS) is 12.0. The van der Waals surface area contributed by atoms with Crippen LogP contribution in [0, 0.1) is 0 Å². The van der Waals surface area contributed by atoms with Crippen molar-refractivity contribution in [3.63, 3.8) is 0 Å². The number of carbonyl (C=O) groups excluding carboxylic acids is 2. The molecule has 3 heterocycles. The number of fused-ring (bicyclic) bond motifs is 1. The molecule has 33 heavy (non-hydrogen) atoms. The van der Waals surface area contributed by atoms with Gasteiger partial charge in [-0.15, -0.1) is 11.3 Å². The highest BCUT2D eigenvalue weighted by Crippen LogP contribution is 2.26. The number of H-pyrrole nitrogens is 1. The van der Waals surface area contributed by atoms with E-state index < -0.39 is 0 Å². The number of benzene rings is 1. The Morgan fingerprint density at radius 3 is 2.79 bits per heavy atom. The highest BCUT2D eigenvalue weighted by atomic mass is 32.1. The van der Waals surface area contributed by atoms with Crippen molar-refractivity contribution in [1.82, 2.24) is 25.3 Å². The highest BCUT2D eigenvalue weighted by Gasteiger charge is 2.20. The van der Waals surface area contributed by atoms with E-state index in [1.807, 2.05) is 19.2 Å². The Balaban J connectivity index is 1.48. The molecule has 2 N–H and O–H groups in total. The third kappa shape index (κ3) is 5.90. The molecule has 0 aliphatic rings.